The number of benzene rings is 2. The summed E-state index contributed by atoms with van der Waals surface area (Å²) in [4.78, 5) is 48.2. The molecule has 2 aromatic carbocycles. The van der Waals surface area contributed by atoms with Crippen LogP contribution < -0.4 is 5.32 Å². The summed E-state index contributed by atoms with van der Waals surface area (Å²) < 4.78 is 27.7. The number of hydrogen-bond acceptors (Lipinski definition) is 10. The average molecular weight is 498 g/mol. The first-order chi connectivity index (χ1) is 17.3. The van der Waals surface area contributed by atoms with Crippen molar-refractivity contribution < 1.29 is 43.0 Å². The number of methoxy groups -OCH3 is 2. The van der Waals surface area contributed by atoms with Gasteiger partial charge in [-0.05, 0) is 36.2 Å². The van der Waals surface area contributed by atoms with Crippen LogP contribution >= 0.6 is 0 Å². The Morgan fingerprint density at radius 3 is 2.39 bits per heavy atom. The third-order valence-electron chi connectivity index (χ3n) is 6.71. The lowest BCUT2D eigenvalue weighted by atomic mass is 9.77. The molecule has 36 heavy (non-hydrogen) atoms. The molecule has 3 fully saturated rings. The average Bonchev–Trinajstić information content (AvgIpc) is 3.40. The van der Waals surface area contributed by atoms with Crippen molar-refractivity contribution in [3.63, 3.8) is 0 Å². The van der Waals surface area contributed by atoms with Crippen LogP contribution in [0.3, 0.4) is 0 Å². The summed E-state index contributed by atoms with van der Waals surface area (Å²) in [6.07, 6.45) is -2.21. The summed E-state index contributed by atoms with van der Waals surface area (Å²) in [5.74, 6) is -4.90. The SMILES string of the molecule is COC(=O)[C@]12O[C@@H](OC)[C@@H]3OC(=O)[C@H](C[C@H](c4ccc(NC(=O)c5ccc([N+](=O)[O-])cc5)cc4)O1)[C@@H]32. The number of nitro benzene ring substituents is 1. The van der Waals surface area contributed by atoms with Crippen molar-refractivity contribution in [1.82, 2.24) is 0 Å². The van der Waals surface area contributed by atoms with E-state index in [0.717, 1.165) is 0 Å². The molecule has 3 heterocycles. The zero-order valence-corrected chi connectivity index (χ0v) is 19.2. The van der Waals surface area contributed by atoms with Crippen LogP contribution in [-0.4, -0.2) is 55.2 Å². The molecular weight excluding hydrogens is 476 g/mol. The summed E-state index contributed by atoms with van der Waals surface area (Å²) in [6.45, 7) is 0. The van der Waals surface area contributed by atoms with Crippen LogP contribution in [0.4, 0.5) is 11.4 Å². The van der Waals surface area contributed by atoms with Gasteiger partial charge in [-0.1, -0.05) is 12.1 Å². The van der Waals surface area contributed by atoms with Crippen molar-refractivity contribution in [3.05, 3.63) is 69.8 Å². The molecule has 0 aromatic heterocycles. The van der Waals surface area contributed by atoms with E-state index in [-0.39, 0.29) is 17.7 Å². The number of rotatable bonds is 6. The number of carbonyl (C=O) groups excluding carboxylic acids is 3. The first kappa shape index (κ1) is 23.9. The van der Waals surface area contributed by atoms with Crippen molar-refractivity contribution in [2.24, 2.45) is 11.8 Å². The van der Waals surface area contributed by atoms with E-state index in [4.69, 9.17) is 23.7 Å². The van der Waals surface area contributed by atoms with E-state index in [1.165, 1.54) is 38.5 Å². The maximum absolute atomic E-state index is 12.8. The molecule has 0 saturated carbocycles. The molecule has 1 N–H and O–H groups in total. The minimum atomic E-state index is -1.86. The fraction of sp³-hybridized carbons (Fsp3) is 0.375. The van der Waals surface area contributed by atoms with E-state index >= 15 is 0 Å². The van der Waals surface area contributed by atoms with Crippen LogP contribution in [0.25, 0.3) is 0 Å². The third-order valence-corrected chi connectivity index (χ3v) is 6.71. The van der Waals surface area contributed by atoms with E-state index in [9.17, 15) is 24.5 Å². The van der Waals surface area contributed by atoms with E-state index in [2.05, 4.69) is 5.32 Å². The lowest BCUT2D eigenvalue weighted by Gasteiger charge is -2.40. The number of ether oxygens (including phenoxy) is 5. The second-order valence-electron chi connectivity index (χ2n) is 8.64. The Balaban J connectivity index is 1.35. The van der Waals surface area contributed by atoms with E-state index in [0.29, 0.717) is 11.3 Å². The Morgan fingerprint density at radius 1 is 1.08 bits per heavy atom. The Hall–Kier alpha value is -3.87. The molecule has 0 bridgehead atoms. The number of hydrogen-bond donors (Lipinski definition) is 1. The van der Waals surface area contributed by atoms with E-state index < -0.39 is 58.9 Å². The van der Waals surface area contributed by atoms with Crippen molar-refractivity contribution in [2.45, 2.75) is 30.7 Å². The first-order valence-corrected chi connectivity index (χ1v) is 11.1. The van der Waals surface area contributed by atoms with Crippen molar-refractivity contribution in [3.8, 4) is 0 Å². The highest BCUT2D eigenvalue weighted by Crippen LogP contribution is 2.56. The van der Waals surface area contributed by atoms with Gasteiger partial charge in [0.05, 0.1) is 30.0 Å². The van der Waals surface area contributed by atoms with E-state index in [1.54, 1.807) is 24.3 Å². The van der Waals surface area contributed by atoms with Gasteiger partial charge in [-0.3, -0.25) is 19.7 Å². The van der Waals surface area contributed by atoms with E-state index in [1.807, 2.05) is 0 Å². The molecule has 188 valence electrons. The Labute approximate surface area is 204 Å². The summed E-state index contributed by atoms with van der Waals surface area (Å²) >= 11 is 0. The quantitative estimate of drug-likeness (QED) is 0.357. The highest BCUT2D eigenvalue weighted by atomic mass is 16.8. The normalized spacial score (nSPS) is 30.3. The van der Waals surface area contributed by atoms with Gasteiger partial charge >= 0.3 is 11.9 Å². The van der Waals surface area contributed by atoms with Crippen molar-refractivity contribution in [1.29, 1.82) is 0 Å². The lowest BCUT2D eigenvalue weighted by molar-refractivity contribution is -0.384. The number of non-ortho nitro benzene ring substituents is 1. The van der Waals surface area contributed by atoms with Crippen LogP contribution in [0.15, 0.2) is 48.5 Å². The smallest absolute Gasteiger partial charge is 0.367 e. The number of nitrogens with zero attached hydrogens (tertiary/aromatic N) is 1. The third kappa shape index (κ3) is 3.79. The van der Waals surface area contributed by atoms with Gasteiger partial charge in [0.2, 0.25) is 0 Å². The van der Waals surface area contributed by atoms with Crippen LogP contribution in [0.2, 0.25) is 0 Å². The summed E-state index contributed by atoms with van der Waals surface area (Å²) in [7, 11) is 2.59. The van der Waals surface area contributed by atoms with Crippen LogP contribution in [0.5, 0.6) is 0 Å². The molecule has 0 unspecified atom stereocenters. The Kier molecular flexibility index (Phi) is 5.94. The van der Waals surface area contributed by atoms with Gasteiger partial charge in [0.1, 0.15) is 0 Å². The molecule has 3 saturated heterocycles. The number of carbonyl (C=O) groups is 3. The zero-order valence-electron chi connectivity index (χ0n) is 19.2. The molecule has 3 aliphatic heterocycles. The molecule has 12 nitrogen and oxygen atoms in total. The highest BCUT2D eigenvalue weighted by Gasteiger charge is 2.73. The van der Waals surface area contributed by atoms with Crippen molar-refractivity contribution in [2.75, 3.05) is 19.5 Å². The maximum Gasteiger partial charge on any atom is 0.367 e. The van der Waals surface area contributed by atoms with Gasteiger partial charge in [0.25, 0.3) is 17.4 Å². The number of nitrogens with one attached hydrogen (secondary N) is 1. The monoisotopic (exact) mass is 498 g/mol. The molecule has 0 spiro atoms. The number of anilines is 1. The maximum atomic E-state index is 12.8. The zero-order chi connectivity index (χ0) is 25.6. The van der Waals surface area contributed by atoms with Gasteiger partial charge in [-0.15, -0.1) is 0 Å². The molecule has 1 amide bonds. The molecule has 6 atom stereocenters. The predicted octanol–water partition coefficient (Wildman–Crippen LogP) is 2.34. The molecular formula is C24H22N2O10. The Bertz CT molecular complexity index is 1210. The molecule has 5 rings (SSSR count). The number of nitro groups is 1. The largest absolute Gasteiger partial charge is 0.465 e. The minimum absolute atomic E-state index is 0.115. The van der Waals surface area contributed by atoms with Crippen LogP contribution in [0, 0.1) is 22.0 Å². The second-order valence-corrected chi connectivity index (χ2v) is 8.64. The molecule has 3 aliphatic rings. The fourth-order valence-electron chi connectivity index (χ4n) is 5.01. The van der Waals surface area contributed by atoms with Crippen LogP contribution in [0.1, 0.15) is 28.4 Å². The molecule has 0 radical (unpaired) electrons. The molecule has 12 heteroatoms. The fourth-order valence-corrected chi connectivity index (χ4v) is 5.01. The van der Waals surface area contributed by atoms with Gasteiger partial charge in [0.15, 0.2) is 12.4 Å². The van der Waals surface area contributed by atoms with Gasteiger partial charge < -0.3 is 29.0 Å². The van der Waals surface area contributed by atoms with Gasteiger partial charge in [-0.25, -0.2) is 4.79 Å². The highest BCUT2D eigenvalue weighted by molar-refractivity contribution is 6.04. The lowest BCUT2D eigenvalue weighted by Crippen LogP contribution is -2.54. The summed E-state index contributed by atoms with van der Waals surface area (Å²) in [6, 6.07) is 11.9. The number of amides is 1. The van der Waals surface area contributed by atoms with Crippen molar-refractivity contribution >= 4 is 29.2 Å². The summed E-state index contributed by atoms with van der Waals surface area (Å²) in [5.41, 5.74) is 1.25. The Morgan fingerprint density at radius 2 is 1.78 bits per heavy atom. The predicted molar refractivity (Wildman–Crippen MR) is 119 cm³/mol. The standard InChI is InChI=1S/C24H22N2O10/c1-32-22-19-18-16(21(28)34-19)11-17(35-24(18,36-22)23(29)33-2)12-3-7-14(8-4-12)25-20(27)13-5-9-15(10-6-13)26(30)31/h3-10,16-19,22H,11H2,1-2H3,(H,25,27)/t16-,17-,18+,19-,22-,24+/m1/s1. The number of esters is 2. The second kappa shape index (κ2) is 8.97. The van der Waals surface area contributed by atoms with Gasteiger partial charge in [0, 0.05) is 30.5 Å². The minimum Gasteiger partial charge on any atom is -0.465 e. The molecule has 0 aliphatic carbocycles. The van der Waals surface area contributed by atoms with Gasteiger partial charge in [-0.2, -0.15) is 0 Å². The first-order valence-electron chi connectivity index (χ1n) is 11.1. The topological polar surface area (TPSA) is 153 Å². The molecule has 2 aromatic rings. The van der Waals surface area contributed by atoms with Crippen LogP contribution in [-0.2, 0) is 33.3 Å². The summed E-state index contributed by atoms with van der Waals surface area (Å²) in [5, 5.41) is 13.5.